The Bertz CT molecular complexity index is 624. The minimum absolute atomic E-state index is 0.0358. The highest BCUT2D eigenvalue weighted by Gasteiger charge is 2.32. The van der Waals surface area contributed by atoms with Crippen molar-refractivity contribution in [3.8, 4) is 0 Å². The predicted molar refractivity (Wildman–Crippen MR) is 93.4 cm³/mol. The van der Waals surface area contributed by atoms with Gasteiger partial charge in [0.15, 0.2) is 5.69 Å². The lowest BCUT2D eigenvalue weighted by atomic mass is 10.2. The molecule has 1 aromatic rings. The van der Waals surface area contributed by atoms with Crippen LogP contribution in [0.1, 0.15) is 61.1 Å². The van der Waals surface area contributed by atoms with Crippen LogP contribution in [0, 0.1) is 0 Å². The molecule has 2 amide bonds. The van der Waals surface area contributed by atoms with Gasteiger partial charge in [-0.3, -0.25) is 14.3 Å². The molecule has 138 valence electrons. The fourth-order valence-electron chi connectivity index (χ4n) is 3.24. The van der Waals surface area contributed by atoms with Gasteiger partial charge in [-0.25, -0.2) is 0 Å². The highest BCUT2D eigenvalue weighted by molar-refractivity contribution is 5.92. The Hall–Kier alpha value is -1.89. The van der Waals surface area contributed by atoms with Gasteiger partial charge in [0.05, 0.1) is 19.3 Å². The number of hydrogen-bond acceptors (Lipinski definition) is 4. The number of ether oxygens (including phenoxy) is 1. The van der Waals surface area contributed by atoms with Crippen LogP contribution >= 0.6 is 0 Å². The Kier molecular flexibility index (Phi) is 5.73. The quantitative estimate of drug-likeness (QED) is 0.809. The van der Waals surface area contributed by atoms with Gasteiger partial charge >= 0.3 is 0 Å². The van der Waals surface area contributed by atoms with Crippen molar-refractivity contribution in [1.82, 2.24) is 20.0 Å². The molecule has 2 heterocycles. The standard InChI is InChI=1S/C18H28N4O3/c1-3-4-5-17(23)19-11-14-12-25-9-8-22(14)18(24)15-10-16(13-6-7-13)21(2)20-15/h10,13-14H,3-9,11-12H2,1-2H3,(H,19,23). The highest BCUT2D eigenvalue weighted by atomic mass is 16.5. The Labute approximate surface area is 148 Å². The van der Waals surface area contributed by atoms with Crippen molar-refractivity contribution >= 4 is 11.8 Å². The van der Waals surface area contributed by atoms with E-state index in [1.807, 2.05) is 17.8 Å². The monoisotopic (exact) mass is 348 g/mol. The van der Waals surface area contributed by atoms with E-state index in [2.05, 4.69) is 17.3 Å². The largest absolute Gasteiger partial charge is 0.377 e. The van der Waals surface area contributed by atoms with Crippen molar-refractivity contribution in [1.29, 1.82) is 0 Å². The summed E-state index contributed by atoms with van der Waals surface area (Å²) < 4.78 is 7.34. The smallest absolute Gasteiger partial charge is 0.274 e. The molecular weight excluding hydrogens is 320 g/mol. The molecule has 1 aromatic heterocycles. The van der Waals surface area contributed by atoms with Gasteiger partial charge < -0.3 is 15.0 Å². The molecule has 1 aliphatic heterocycles. The third kappa shape index (κ3) is 4.39. The summed E-state index contributed by atoms with van der Waals surface area (Å²) in [6.07, 6.45) is 4.76. The molecule has 7 heteroatoms. The summed E-state index contributed by atoms with van der Waals surface area (Å²) in [5, 5.41) is 7.34. The maximum absolute atomic E-state index is 12.9. The van der Waals surface area contributed by atoms with Crippen LogP contribution in [0.15, 0.2) is 6.07 Å². The van der Waals surface area contributed by atoms with Crippen LogP contribution in [-0.2, 0) is 16.6 Å². The zero-order chi connectivity index (χ0) is 17.8. The van der Waals surface area contributed by atoms with Crippen molar-refractivity contribution in [3.63, 3.8) is 0 Å². The molecule has 0 spiro atoms. The third-order valence-corrected chi connectivity index (χ3v) is 4.91. The molecule has 2 aliphatic rings. The van der Waals surface area contributed by atoms with Crippen molar-refractivity contribution in [2.75, 3.05) is 26.3 Å². The first-order valence-corrected chi connectivity index (χ1v) is 9.29. The summed E-state index contributed by atoms with van der Waals surface area (Å²) in [6, 6.07) is 1.78. The van der Waals surface area contributed by atoms with Gasteiger partial charge in [-0.05, 0) is 25.3 Å². The van der Waals surface area contributed by atoms with Crippen LogP contribution in [0.4, 0.5) is 0 Å². The third-order valence-electron chi connectivity index (χ3n) is 4.91. The van der Waals surface area contributed by atoms with E-state index in [0.29, 0.717) is 44.3 Å². The van der Waals surface area contributed by atoms with Gasteiger partial charge in [0.1, 0.15) is 0 Å². The number of nitrogens with one attached hydrogen (secondary N) is 1. The summed E-state index contributed by atoms with van der Waals surface area (Å²) in [6.45, 7) is 3.99. The molecule has 2 fully saturated rings. The average molecular weight is 348 g/mol. The number of amides is 2. The number of aromatic nitrogens is 2. The molecule has 1 atom stereocenters. The summed E-state index contributed by atoms with van der Waals surface area (Å²) in [4.78, 5) is 26.6. The molecule has 1 saturated heterocycles. The first-order chi connectivity index (χ1) is 12.1. The van der Waals surface area contributed by atoms with E-state index < -0.39 is 0 Å². The van der Waals surface area contributed by atoms with Crippen molar-refractivity contribution in [2.24, 2.45) is 7.05 Å². The maximum Gasteiger partial charge on any atom is 0.274 e. The molecular formula is C18H28N4O3. The van der Waals surface area contributed by atoms with Crippen LogP contribution in [-0.4, -0.2) is 58.8 Å². The summed E-state index contributed by atoms with van der Waals surface area (Å²) in [5.74, 6) is 0.518. The zero-order valence-electron chi connectivity index (χ0n) is 15.2. The van der Waals surface area contributed by atoms with Crippen LogP contribution in [0.25, 0.3) is 0 Å². The van der Waals surface area contributed by atoms with Crippen LogP contribution in [0.3, 0.4) is 0 Å². The van der Waals surface area contributed by atoms with E-state index in [1.165, 1.54) is 12.8 Å². The molecule has 0 aromatic carbocycles. The summed E-state index contributed by atoms with van der Waals surface area (Å²) >= 11 is 0. The maximum atomic E-state index is 12.9. The van der Waals surface area contributed by atoms with Gasteiger partial charge in [0, 0.05) is 38.2 Å². The number of hydrogen-bond donors (Lipinski definition) is 1. The van der Waals surface area contributed by atoms with Crippen molar-refractivity contribution in [2.45, 2.75) is 51.0 Å². The normalized spacial score (nSPS) is 20.6. The van der Waals surface area contributed by atoms with Crippen LogP contribution in [0.2, 0.25) is 0 Å². The molecule has 0 radical (unpaired) electrons. The van der Waals surface area contributed by atoms with Gasteiger partial charge in [-0.2, -0.15) is 5.10 Å². The zero-order valence-corrected chi connectivity index (χ0v) is 15.2. The number of aryl methyl sites for hydroxylation is 1. The number of morpholine rings is 1. The number of carbonyl (C=O) groups is 2. The summed E-state index contributed by atoms with van der Waals surface area (Å²) in [7, 11) is 1.90. The first-order valence-electron chi connectivity index (χ1n) is 9.29. The molecule has 1 N–H and O–H groups in total. The van der Waals surface area contributed by atoms with E-state index in [4.69, 9.17) is 4.74 Å². The molecule has 3 rings (SSSR count). The lowest BCUT2D eigenvalue weighted by molar-refractivity contribution is -0.121. The second kappa shape index (κ2) is 7.99. The van der Waals surface area contributed by atoms with E-state index in [9.17, 15) is 9.59 Å². The molecule has 7 nitrogen and oxygen atoms in total. The van der Waals surface area contributed by atoms with E-state index in [1.54, 1.807) is 4.90 Å². The van der Waals surface area contributed by atoms with Crippen molar-refractivity contribution < 1.29 is 14.3 Å². The van der Waals surface area contributed by atoms with E-state index in [0.717, 1.165) is 18.5 Å². The molecule has 1 saturated carbocycles. The number of unbranched alkanes of at least 4 members (excludes halogenated alkanes) is 1. The second-order valence-electron chi connectivity index (χ2n) is 6.99. The van der Waals surface area contributed by atoms with E-state index >= 15 is 0 Å². The summed E-state index contributed by atoms with van der Waals surface area (Å²) in [5.41, 5.74) is 1.63. The molecule has 1 unspecified atom stereocenters. The lowest BCUT2D eigenvalue weighted by Crippen LogP contribution is -2.53. The Morgan fingerprint density at radius 3 is 2.92 bits per heavy atom. The fraction of sp³-hybridized carbons (Fsp3) is 0.722. The minimum atomic E-state index is -0.141. The Morgan fingerprint density at radius 2 is 2.20 bits per heavy atom. The SMILES string of the molecule is CCCCC(=O)NCC1COCCN1C(=O)c1cc(C2CC2)n(C)n1. The Morgan fingerprint density at radius 1 is 1.40 bits per heavy atom. The van der Waals surface area contributed by atoms with Gasteiger partial charge in [0.25, 0.3) is 5.91 Å². The molecule has 25 heavy (non-hydrogen) atoms. The number of carbonyl (C=O) groups excluding carboxylic acids is 2. The average Bonchev–Trinajstić information content (AvgIpc) is 3.39. The predicted octanol–water partition coefficient (Wildman–Crippen LogP) is 1.44. The van der Waals surface area contributed by atoms with Crippen LogP contribution < -0.4 is 5.32 Å². The van der Waals surface area contributed by atoms with E-state index in [-0.39, 0.29) is 17.9 Å². The lowest BCUT2D eigenvalue weighted by Gasteiger charge is -2.35. The van der Waals surface area contributed by atoms with Crippen molar-refractivity contribution in [3.05, 3.63) is 17.5 Å². The molecule has 0 bridgehead atoms. The topological polar surface area (TPSA) is 76.5 Å². The van der Waals surface area contributed by atoms with Gasteiger partial charge in [-0.1, -0.05) is 13.3 Å². The molecule has 1 aliphatic carbocycles. The highest BCUT2D eigenvalue weighted by Crippen LogP contribution is 2.40. The first kappa shape index (κ1) is 17.9. The van der Waals surface area contributed by atoms with Gasteiger partial charge in [-0.15, -0.1) is 0 Å². The number of nitrogens with zero attached hydrogens (tertiary/aromatic N) is 3. The van der Waals surface area contributed by atoms with Crippen LogP contribution in [0.5, 0.6) is 0 Å². The minimum Gasteiger partial charge on any atom is -0.377 e. The Balaban J connectivity index is 1.62. The second-order valence-corrected chi connectivity index (χ2v) is 6.99. The van der Waals surface area contributed by atoms with Gasteiger partial charge in [0.2, 0.25) is 5.91 Å². The number of rotatable bonds is 7. The fourth-order valence-corrected chi connectivity index (χ4v) is 3.24.